The Balaban J connectivity index is 3.69. The lowest BCUT2D eigenvalue weighted by atomic mass is 9.65. The van der Waals surface area contributed by atoms with Gasteiger partial charge in [0.2, 0.25) is 0 Å². The third-order valence-electron chi connectivity index (χ3n) is 5.44. The molecule has 0 heterocycles. The van der Waals surface area contributed by atoms with Gasteiger partial charge < -0.3 is 14.9 Å². The third-order valence-corrected chi connectivity index (χ3v) is 5.44. The van der Waals surface area contributed by atoms with Gasteiger partial charge in [0, 0.05) is 11.8 Å². The molecular formula is C16H13F15O4. The standard InChI is InChI=1S/C16H13F15O4/c1-5(12(17,18)19)9(32)35-8-3-6(10(33,13(20,21)22)14(23,24)25)2-7(4-8)11(34,15(26,27)28)16(29,30)31/h6-8,33-34H,1-4H2. The minimum absolute atomic E-state index is 1.98. The molecule has 0 radical (unpaired) electrons. The van der Waals surface area contributed by atoms with E-state index in [0.29, 0.717) is 0 Å². The summed E-state index contributed by atoms with van der Waals surface area (Å²) < 4.78 is 200. The molecule has 0 amide bonds. The molecule has 1 fully saturated rings. The number of hydrogen-bond donors (Lipinski definition) is 2. The monoisotopic (exact) mass is 554 g/mol. The molecule has 1 saturated carbocycles. The molecule has 0 bridgehead atoms. The van der Waals surface area contributed by atoms with E-state index in [2.05, 4.69) is 11.3 Å². The van der Waals surface area contributed by atoms with Gasteiger partial charge in [0.25, 0.3) is 11.2 Å². The second kappa shape index (κ2) is 8.88. The van der Waals surface area contributed by atoms with Gasteiger partial charge in [-0.25, -0.2) is 4.79 Å². The number of alkyl halides is 15. The van der Waals surface area contributed by atoms with Crippen LogP contribution in [0.3, 0.4) is 0 Å². The van der Waals surface area contributed by atoms with Crippen molar-refractivity contribution < 1.29 is 85.6 Å². The molecule has 206 valence electrons. The van der Waals surface area contributed by atoms with Gasteiger partial charge in [-0.05, 0) is 19.3 Å². The molecule has 0 aromatic heterocycles. The molecule has 1 aliphatic rings. The molecule has 2 unspecified atom stereocenters. The highest BCUT2D eigenvalue weighted by Crippen LogP contribution is 2.58. The topological polar surface area (TPSA) is 66.8 Å². The van der Waals surface area contributed by atoms with Crippen molar-refractivity contribution in [2.75, 3.05) is 0 Å². The smallest absolute Gasteiger partial charge is 0.426 e. The Labute approximate surface area is 184 Å². The first-order valence-electron chi connectivity index (χ1n) is 8.81. The molecule has 35 heavy (non-hydrogen) atoms. The van der Waals surface area contributed by atoms with E-state index in [1.165, 1.54) is 0 Å². The van der Waals surface area contributed by atoms with Crippen LogP contribution in [0.15, 0.2) is 12.2 Å². The molecule has 2 N–H and O–H groups in total. The zero-order valence-electron chi connectivity index (χ0n) is 16.4. The van der Waals surface area contributed by atoms with Crippen LogP contribution in [0.5, 0.6) is 0 Å². The van der Waals surface area contributed by atoms with Gasteiger partial charge in [-0.2, -0.15) is 65.9 Å². The Morgan fingerprint density at radius 1 is 0.629 bits per heavy atom. The van der Waals surface area contributed by atoms with E-state index in [9.17, 15) is 80.9 Å². The average molecular weight is 554 g/mol. The number of rotatable bonds is 4. The normalized spacial score (nSPS) is 23.7. The predicted octanol–water partition coefficient (Wildman–Crippen LogP) is 5.14. The highest BCUT2D eigenvalue weighted by atomic mass is 19.4. The van der Waals surface area contributed by atoms with Gasteiger partial charge in [-0.15, -0.1) is 0 Å². The van der Waals surface area contributed by atoms with Gasteiger partial charge in [-0.1, -0.05) is 6.58 Å². The minimum atomic E-state index is -6.78. The average Bonchev–Trinajstić information content (AvgIpc) is 2.61. The van der Waals surface area contributed by atoms with Crippen molar-refractivity contribution in [3.8, 4) is 0 Å². The van der Waals surface area contributed by atoms with Crippen molar-refractivity contribution in [3.63, 3.8) is 0 Å². The molecule has 0 saturated heterocycles. The molecule has 1 aliphatic carbocycles. The van der Waals surface area contributed by atoms with Gasteiger partial charge >= 0.3 is 36.9 Å². The number of hydrogen-bond acceptors (Lipinski definition) is 4. The molecule has 19 heteroatoms. The van der Waals surface area contributed by atoms with Crippen LogP contribution < -0.4 is 0 Å². The van der Waals surface area contributed by atoms with Gasteiger partial charge in [0.15, 0.2) is 0 Å². The lowest BCUT2D eigenvalue weighted by Gasteiger charge is -2.48. The van der Waals surface area contributed by atoms with Gasteiger partial charge in [-0.3, -0.25) is 0 Å². The maximum absolute atomic E-state index is 13.2. The van der Waals surface area contributed by atoms with Crippen molar-refractivity contribution in [2.45, 2.75) is 67.5 Å². The number of ether oxygens (including phenoxy) is 1. The summed E-state index contributed by atoms with van der Waals surface area (Å²) in [6.45, 7) is 2.17. The van der Waals surface area contributed by atoms with Crippen molar-refractivity contribution in [2.24, 2.45) is 11.8 Å². The molecule has 0 spiro atoms. The van der Waals surface area contributed by atoms with E-state index in [4.69, 9.17) is 0 Å². The van der Waals surface area contributed by atoms with Crippen LogP contribution in [0.2, 0.25) is 0 Å². The molecule has 4 nitrogen and oxygen atoms in total. The van der Waals surface area contributed by atoms with Crippen LogP contribution in [0, 0.1) is 11.8 Å². The molecular weight excluding hydrogens is 541 g/mol. The highest BCUT2D eigenvalue weighted by Gasteiger charge is 2.78. The van der Waals surface area contributed by atoms with Crippen molar-refractivity contribution in [3.05, 3.63) is 12.2 Å². The van der Waals surface area contributed by atoms with Crippen LogP contribution >= 0.6 is 0 Å². The summed E-state index contributed by atoms with van der Waals surface area (Å²) in [5.74, 6) is -10.0. The van der Waals surface area contributed by atoms with Gasteiger partial charge in [0.1, 0.15) is 11.7 Å². The number of carbonyl (C=O) groups is 1. The lowest BCUT2D eigenvalue weighted by molar-refractivity contribution is -0.405. The van der Waals surface area contributed by atoms with Crippen LogP contribution in [-0.2, 0) is 9.53 Å². The van der Waals surface area contributed by atoms with E-state index in [-0.39, 0.29) is 0 Å². The SMILES string of the molecule is C=C(C(=O)OC1CC(C(O)(C(F)(F)F)C(F)(F)F)CC(C(O)(C(F)(F)F)C(F)(F)F)C1)C(F)(F)F. The maximum Gasteiger partial charge on any atom is 0.426 e. The number of esters is 1. The zero-order chi connectivity index (χ0) is 28.2. The number of carbonyl (C=O) groups excluding carboxylic acids is 1. The van der Waals surface area contributed by atoms with Crippen LogP contribution in [0.25, 0.3) is 0 Å². The van der Waals surface area contributed by atoms with E-state index in [1.807, 2.05) is 0 Å². The Kier molecular flexibility index (Phi) is 7.89. The van der Waals surface area contributed by atoms with E-state index in [0.717, 1.165) is 0 Å². The molecule has 0 aliphatic heterocycles. The molecule has 1 rings (SSSR count). The summed E-state index contributed by atoms with van der Waals surface area (Å²) in [5.41, 5.74) is -14.4. The molecule has 2 atom stereocenters. The Morgan fingerprint density at radius 2 is 0.914 bits per heavy atom. The summed E-state index contributed by atoms with van der Waals surface area (Å²) in [5, 5.41) is 18.9. The lowest BCUT2D eigenvalue weighted by Crippen LogP contribution is -2.67. The van der Waals surface area contributed by atoms with E-state index >= 15 is 0 Å². The number of halogens is 15. The summed E-state index contributed by atoms with van der Waals surface area (Å²) in [7, 11) is 0. The Hall–Kier alpha value is -1.92. The highest BCUT2D eigenvalue weighted by molar-refractivity contribution is 5.89. The fraction of sp³-hybridized carbons (Fsp3) is 0.812. The summed E-state index contributed by atoms with van der Waals surface area (Å²) >= 11 is 0. The summed E-state index contributed by atoms with van der Waals surface area (Å²) in [6.07, 6.45) is -42.0. The van der Waals surface area contributed by atoms with E-state index < -0.39 is 90.8 Å². The maximum atomic E-state index is 13.2. The first-order chi connectivity index (χ1) is 15.1. The van der Waals surface area contributed by atoms with Gasteiger partial charge in [0.05, 0.1) is 0 Å². The first kappa shape index (κ1) is 31.1. The Morgan fingerprint density at radius 3 is 1.14 bits per heavy atom. The van der Waals surface area contributed by atoms with Crippen molar-refractivity contribution in [1.29, 1.82) is 0 Å². The zero-order valence-corrected chi connectivity index (χ0v) is 16.4. The quantitative estimate of drug-likeness (QED) is 0.287. The molecule has 0 aromatic rings. The summed E-state index contributed by atoms with van der Waals surface area (Å²) in [4.78, 5) is 11.5. The predicted molar refractivity (Wildman–Crippen MR) is 80.0 cm³/mol. The summed E-state index contributed by atoms with van der Waals surface area (Å²) in [6, 6.07) is 0. The fourth-order valence-electron chi connectivity index (χ4n) is 3.63. The Bertz CT molecular complexity index is 728. The second-order valence-electron chi connectivity index (χ2n) is 7.63. The molecule has 0 aromatic carbocycles. The van der Waals surface area contributed by atoms with Crippen molar-refractivity contribution >= 4 is 5.97 Å². The largest absolute Gasteiger partial charge is 0.459 e. The van der Waals surface area contributed by atoms with Crippen LogP contribution in [0.4, 0.5) is 65.9 Å². The van der Waals surface area contributed by atoms with Crippen molar-refractivity contribution in [1.82, 2.24) is 0 Å². The second-order valence-corrected chi connectivity index (χ2v) is 7.63. The minimum Gasteiger partial charge on any atom is -0.459 e. The van der Waals surface area contributed by atoms with E-state index in [1.54, 1.807) is 0 Å². The number of aliphatic hydroxyl groups is 2. The fourth-order valence-corrected chi connectivity index (χ4v) is 3.63. The van der Waals surface area contributed by atoms with Crippen LogP contribution in [0.1, 0.15) is 19.3 Å². The third kappa shape index (κ3) is 5.59. The van der Waals surface area contributed by atoms with Crippen LogP contribution in [-0.4, -0.2) is 64.4 Å². The first-order valence-corrected chi connectivity index (χ1v) is 8.81.